The molecule has 2 rings (SSSR count). The Labute approximate surface area is 156 Å². The maximum Gasteiger partial charge on any atom is 0.327 e. The Morgan fingerprint density at radius 3 is 2.72 bits per heavy atom. The third kappa shape index (κ3) is 4.29. The van der Waals surface area contributed by atoms with E-state index in [0.29, 0.717) is 17.3 Å². The molecule has 1 aliphatic heterocycles. The average molecular weight is 377 g/mol. The molecule has 1 heterocycles. The molecule has 0 radical (unpaired) electrons. The van der Waals surface area contributed by atoms with Crippen LogP contribution in [-0.4, -0.2) is 38.9 Å². The van der Waals surface area contributed by atoms with Crippen LogP contribution in [0.25, 0.3) is 6.08 Å². The summed E-state index contributed by atoms with van der Waals surface area (Å²) < 4.78 is 5.84. The van der Waals surface area contributed by atoms with E-state index in [1.807, 2.05) is 18.2 Å². The number of aliphatic carboxylic acids is 1. The van der Waals surface area contributed by atoms with Crippen molar-refractivity contribution in [3.05, 3.63) is 47.4 Å². The molecule has 5 nitrogen and oxygen atoms in total. The average Bonchev–Trinajstić information content (AvgIpc) is 2.81. The van der Waals surface area contributed by atoms with E-state index < -0.39 is 17.9 Å². The van der Waals surface area contributed by atoms with Crippen LogP contribution in [0.15, 0.2) is 41.8 Å². The molecule has 1 amide bonds. The second kappa shape index (κ2) is 8.31. The zero-order valence-corrected chi connectivity index (χ0v) is 15.6. The molecule has 1 aromatic rings. The molecule has 0 saturated carbocycles. The number of para-hydroxylation sites is 1. The van der Waals surface area contributed by atoms with Crippen molar-refractivity contribution in [1.29, 1.82) is 0 Å². The maximum atomic E-state index is 12.7. The Kier molecular flexibility index (Phi) is 6.39. The highest BCUT2D eigenvalue weighted by Gasteiger charge is 2.41. The summed E-state index contributed by atoms with van der Waals surface area (Å²) in [6, 6.07) is 6.30. The lowest BCUT2D eigenvalue weighted by Gasteiger charge is -2.26. The van der Waals surface area contributed by atoms with E-state index in [9.17, 15) is 14.7 Å². The number of benzene rings is 1. The first-order valence-corrected chi connectivity index (χ1v) is 8.92. The molecule has 1 aliphatic rings. The molecule has 132 valence electrons. The molecule has 1 fully saturated rings. The number of ether oxygens (including phenoxy) is 1. The van der Waals surface area contributed by atoms with Crippen LogP contribution in [0.2, 0.25) is 0 Å². The number of thioether (sulfide) groups is 1. The van der Waals surface area contributed by atoms with Gasteiger partial charge in [0.15, 0.2) is 0 Å². The lowest BCUT2D eigenvalue weighted by molar-refractivity contribution is -0.146. The van der Waals surface area contributed by atoms with Crippen LogP contribution in [-0.2, 0) is 9.59 Å². The molecule has 1 saturated heterocycles. The van der Waals surface area contributed by atoms with Crippen molar-refractivity contribution in [2.75, 3.05) is 6.61 Å². The fourth-order valence-electron chi connectivity index (χ4n) is 2.43. The van der Waals surface area contributed by atoms with Crippen molar-refractivity contribution in [2.24, 2.45) is 5.92 Å². The number of carboxylic acids is 1. The van der Waals surface area contributed by atoms with Gasteiger partial charge in [-0.3, -0.25) is 9.69 Å². The Balaban J connectivity index is 2.35. The third-order valence-electron chi connectivity index (χ3n) is 3.55. The Morgan fingerprint density at radius 2 is 2.12 bits per heavy atom. The number of rotatable bonds is 7. The van der Waals surface area contributed by atoms with Gasteiger partial charge in [0.25, 0.3) is 5.91 Å². The first-order chi connectivity index (χ1) is 11.9. The number of nitrogens with zero attached hydrogens (tertiary/aromatic N) is 1. The summed E-state index contributed by atoms with van der Waals surface area (Å²) in [4.78, 5) is 25.8. The third-order valence-corrected chi connectivity index (χ3v) is 4.88. The normalized spacial score (nSPS) is 17.2. The number of carboxylic acid groups (broad SMARTS) is 1. The van der Waals surface area contributed by atoms with Crippen LogP contribution >= 0.6 is 24.0 Å². The molecule has 1 N–H and O–H groups in total. The smallest absolute Gasteiger partial charge is 0.327 e. The van der Waals surface area contributed by atoms with Gasteiger partial charge in [0.05, 0.1) is 4.91 Å². The minimum absolute atomic E-state index is 0.252. The lowest BCUT2D eigenvalue weighted by Crippen LogP contribution is -2.47. The highest BCUT2D eigenvalue weighted by atomic mass is 32.2. The zero-order valence-electron chi connectivity index (χ0n) is 14.0. The van der Waals surface area contributed by atoms with Crippen LogP contribution in [0.4, 0.5) is 0 Å². The van der Waals surface area contributed by atoms with Crippen molar-refractivity contribution in [2.45, 2.75) is 19.9 Å². The number of carbonyl (C=O) groups is 2. The molecular weight excluding hydrogens is 358 g/mol. The summed E-state index contributed by atoms with van der Waals surface area (Å²) in [7, 11) is 0. The van der Waals surface area contributed by atoms with Gasteiger partial charge in [0, 0.05) is 5.56 Å². The summed E-state index contributed by atoms with van der Waals surface area (Å²) >= 11 is 6.35. The number of amides is 1. The fraction of sp³-hybridized carbons (Fsp3) is 0.278. The van der Waals surface area contributed by atoms with E-state index in [0.717, 1.165) is 17.3 Å². The molecule has 0 spiro atoms. The number of thiocarbonyl (C=S) groups is 1. The highest BCUT2D eigenvalue weighted by molar-refractivity contribution is 8.26. The molecule has 1 unspecified atom stereocenters. The Hall–Kier alpha value is -2.12. The summed E-state index contributed by atoms with van der Waals surface area (Å²) in [5, 5.41) is 9.45. The van der Waals surface area contributed by atoms with Gasteiger partial charge in [-0.2, -0.15) is 0 Å². The first kappa shape index (κ1) is 19.2. The highest BCUT2D eigenvalue weighted by Crippen LogP contribution is 2.36. The van der Waals surface area contributed by atoms with E-state index in [2.05, 4.69) is 6.58 Å². The Morgan fingerprint density at radius 1 is 1.44 bits per heavy atom. The predicted molar refractivity (Wildman–Crippen MR) is 103 cm³/mol. The van der Waals surface area contributed by atoms with Gasteiger partial charge in [-0.15, -0.1) is 0 Å². The zero-order chi connectivity index (χ0) is 18.6. The molecule has 7 heteroatoms. The van der Waals surface area contributed by atoms with Crippen molar-refractivity contribution in [3.63, 3.8) is 0 Å². The van der Waals surface area contributed by atoms with E-state index in [1.54, 1.807) is 32.1 Å². The number of hydrogen-bond acceptors (Lipinski definition) is 5. The fourth-order valence-corrected chi connectivity index (χ4v) is 3.75. The standard InChI is InChI=1S/C18H19NO4S2/c1-4-9-23-13-8-6-5-7-12(13)10-14-16(20)19(18(24)25-14)15(11(2)3)17(21)22/h4-8,10-11,15H,1,9H2,2-3H3,(H,21,22). The number of hydrogen-bond donors (Lipinski definition) is 1. The van der Waals surface area contributed by atoms with Gasteiger partial charge >= 0.3 is 5.97 Å². The first-order valence-electron chi connectivity index (χ1n) is 7.69. The molecule has 1 atom stereocenters. The quantitative estimate of drug-likeness (QED) is 0.445. The van der Waals surface area contributed by atoms with Crippen LogP contribution in [0.1, 0.15) is 19.4 Å². The largest absolute Gasteiger partial charge is 0.489 e. The molecule has 0 aliphatic carbocycles. The molecule has 0 aromatic heterocycles. The molecular formula is C18H19NO4S2. The van der Waals surface area contributed by atoms with E-state index in [4.69, 9.17) is 17.0 Å². The number of carbonyl (C=O) groups excluding carboxylic acids is 1. The van der Waals surface area contributed by atoms with Crippen molar-refractivity contribution >= 4 is 46.3 Å². The van der Waals surface area contributed by atoms with Gasteiger partial charge in [-0.1, -0.05) is 68.7 Å². The van der Waals surface area contributed by atoms with Crippen LogP contribution in [0.5, 0.6) is 5.75 Å². The van der Waals surface area contributed by atoms with Crippen molar-refractivity contribution < 1.29 is 19.4 Å². The second-order valence-electron chi connectivity index (χ2n) is 5.72. The molecule has 1 aromatic carbocycles. The van der Waals surface area contributed by atoms with Gasteiger partial charge in [0.1, 0.15) is 22.7 Å². The summed E-state index contributed by atoms with van der Waals surface area (Å²) in [6.07, 6.45) is 3.31. The Bertz CT molecular complexity index is 742. The SMILES string of the molecule is C=CCOc1ccccc1C=C1SC(=S)N(C(C(=O)O)C(C)C)C1=O. The van der Waals surface area contributed by atoms with Crippen molar-refractivity contribution in [3.8, 4) is 5.75 Å². The summed E-state index contributed by atoms with van der Waals surface area (Å²) in [5.74, 6) is -1.11. The molecule has 25 heavy (non-hydrogen) atoms. The second-order valence-corrected chi connectivity index (χ2v) is 7.39. The predicted octanol–water partition coefficient (Wildman–Crippen LogP) is 3.56. The van der Waals surface area contributed by atoms with Crippen molar-refractivity contribution in [1.82, 2.24) is 4.90 Å². The summed E-state index contributed by atoms with van der Waals surface area (Å²) in [6.45, 7) is 7.46. The van der Waals surface area contributed by atoms with Gasteiger partial charge in [-0.05, 0) is 18.1 Å². The molecule has 0 bridgehead atoms. The van der Waals surface area contributed by atoms with Crippen LogP contribution in [0.3, 0.4) is 0 Å². The minimum Gasteiger partial charge on any atom is -0.489 e. The maximum absolute atomic E-state index is 12.7. The minimum atomic E-state index is -1.07. The monoisotopic (exact) mass is 377 g/mol. The van der Waals surface area contributed by atoms with Crippen LogP contribution in [0, 0.1) is 5.92 Å². The van der Waals surface area contributed by atoms with Gasteiger partial charge in [0.2, 0.25) is 0 Å². The van der Waals surface area contributed by atoms with E-state index in [1.165, 1.54) is 4.90 Å². The van der Waals surface area contributed by atoms with E-state index >= 15 is 0 Å². The van der Waals surface area contributed by atoms with E-state index in [-0.39, 0.29) is 10.2 Å². The lowest BCUT2D eigenvalue weighted by atomic mass is 10.0. The summed E-state index contributed by atoms with van der Waals surface area (Å²) in [5.41, 5.74) is 0.723. The van der Waals surface area contributed by atoms with Gasteiger partial charge in [-0.25, -0.2) is 4.79 Å². The van der Waals surface area contributed by atoms with Crippen LogP contribution < -0.4 is 4.74 Å². The topological polar surface area (TPSA) is 66.8 Å². The van der Waals surface area contributed by atoms with Gasteiger partial charge < -0.3 is 9.84 Å².